The quantitative estimate of drug-likeness (QED) is 0.186. The van der Waals surface area contributed by atoms with Crippen LogP contribution < -0.4 is 0 Å². The van der Waals surface area contributed by atoms with E-state index in [1.165, 1.54) is 44.9 Å². The van der Waals surface area contributed by atoms with E-state index in [0.29, 0.717) is 12.3 Å². The van der Waals surface area contributed by atoms with Gasteiger partial charge in [0.25, 0.3) is 0 Å². The number of rotatable bonds is 16. The molecule has 1 aliphatic rings. The molecule has 1 fully saturated rings. The summed E-state index contributed by atoms with van der Waals surface area (Å²) < 4.78 is 0. The Kier molecular flexibility index (Phi) is 13.9. The molecule has 0 spiro atoms. The summed E-state index contributed by atoms with van der Waals surface area (Å²) in [6.45, 7) is 14.7. The Labute approximate surface area is 199 Å². The number of thiol groups is 1. The highest BCUT2D eigenvalue weighted by atomic mass is 32.1. The number of nitrogens with zero attached hydrogens (tertiary/aromatic N) is 1. The lowest BCUT2D eigenvalue weighted by molar-refractivity contribution is -0.130. The van der Waals surface area contributed by atoms with Crippen LogP contribution in [-0.2, 0) is 4.79 Å². The Bertz CT molecular complexity index is 590. The molecule has 3 atom stereocenters. The molecular weight excluding hydrogens is 398 g/mol. The Morgan fingerprint density at radius 3 is 2.29 bits per heavy atom. The first-order chi connectivity index (χ1) is 14.8. The minimum Gasteiger partial charge on any atom is -0.345 e. The zero-order valence-electron chi connectivity index (χ0n) is 21.7. The highest BCUT2D eigenvalue weighted by Crippen LogP contribution is 2.37. The molecule has 0 bridgehead atoms. The van der Waals surface area contributed by atoms with Gasteiger partial charge in [-0.3, -0.25) is 4.79 Å². The first-order valence-electron chi connectivity index (χ1n) is 13.1. The van der Waals surface area contributed by atoms with Crippen LogP contribution in [0.15, 0.2) is 22.8 Å². The van der Waals surface area contributed by atoms with Crippen LogP contribution in [0.25, 0.3) is 0 Å². The first-order valence-corrected chi connectivity index (χ1v) is 13.6. The van der Waals surface area contributed by atoms with Crippen LogP contribution in [0.2, 0.25) is 0 Å². The molecule has 180 valence electrons. The topological polar surface area (TPSA) is 20.3 Å². The van der Waals surface area contributed by atoms with Crippen LogP contribution in [-0.4, -0.2) is 29.6 Å². The second-order valence-electron chi connectivity index (χ2n) is 9.86. The summed E-state index contributed by atoms with van der Waals surface area (Å²) in [5.41, 5.74) is 4.98. The Balaban J connectivity index is 2.56. The van der Waals surface area contributed by atoms with Crippen molar-refractivity contribution in [3.05, 3.63) is 22.8 Å². The van der Waals surface area contributed by atoms with Gasteiger partial charge in [-0.05, 0) is 75.5 Å². The molecule has 0 heterocycles. The molecular formula is C28H51NOS. The molecule has 2 nitrogen and oxygen atoms in total. The van der Waals surface area contributed by atoms with Crippen LogP contribution in [0.5, 0.6) is 0 Å². The molecule has 0 aromatic heterocycles. The molecule has 3 unspecified atom stereocenters. The third kappa shape index (κ3) is 10.2. The molecule has 1 aliphatic carbocycles. The summed E-state index contributed by atoms with van der Waals surface area (Å²) in [7, 11) is 1.94. The smallest absolute Gasteiger partial charge is 0.222 e. The second kappa shape index (κ2) is 15.2. The summed E-state index contributed by atoms with van der Waals surface area (Å²) in [6.07, 6.45) is 14.7. The Hall–Kier alpha value is -0.700. The number of carbonyl (C=O) groups is 1. The average molecular weight is 450 g/mol. The first kappa shape index (κ1) is 28.3. The van der Waals surface area contributed by atoms with Crippen molar-refractivity contribution in [2.75, 3.05) is 13.6 Å². The maximum Gasteiger partial charge on any atom is 0.222 e. The number of carbonyl (C=O) groups excluding carboxylic acids is 1. The predicted molar refractivity (Wildman–Crippen MR) is 141 cm³/mol. The van der Waals surface area contributed by atoms with E-state index in [1.54, 1.807) is 16.7 Å². The fourth-order valence-electron chi connectivity index (χ4n) is 4.93. The highest BCUT2D eigenvalue weighted by Gasteiger charge is 2.24. The van der Waals surface area contributed by atoms with Crippen LogP contribution in [0.3, 0.4) is 0 Å². The van der Waals surface area contributed by atoms with Gasteiger partial charge in [-0.2, -0.15) is 12.6 Å². The number of unbranched alkanes of at least 4 members (excludes halogenated alkanes) is 1. The Morgan fingerprint density at radius 2 is 1.77 bits per heavy atom. The van der Waals surface area contributed by atoms with Crippen molar-refractivity contribution in [3.63, 3.8) is 0 Å². The maximum absolute atomic E-state index is 12.7. The van der Waals surface area contributed by atoms with Crippen LogP contribution in [0.4, 0.5) is 0 Å². The van der Waals surface area contributed by atoms with Gasteiger partial charge in [-0.1, -0.05) is 70.8 Å². The maximum atomic E-state index is 12.7. The fourth-order valence-corrected chi connectivity index (χ4v) is 5.28. The SMILES string of the molecule is CCCC/C(=C(\CC)C(CC)CC)C(C)CCCC(=O)N(C)CC(S)C/C=C1\CC1C. The molecule has 0 aromatic carbocycles. The van der Waals surface area contributed by atoms with Gasteiger partial charge >= 0.3 is 0 Å². The summed E-state index contributed by atoms with van der Waals surface area (Å²) >= 11 is 4.71. The van der Waals surface area contributed by atoms with Gasteiger partial charge in [-0.15, -0.1) is 0 Å². The summed E-state index contributed by atoms with van der Waals surface area (Å²) in [4.78, 5) is 14.6. The van der Waals surface area contributed by atoms with Crippen molar-refractivity contribution in [1.29, 1.82) is 0 Å². The molecule has 1 saturated carbocycles. The molecule has 0 saturated heterocycles. The van der Waals surface area contributed by atoms with Gasteiger partial charge in [0, 0.05) is 25.3 Å². The van der Waals surface area contributed by atoms with Gasteiger partial charge < -0.3 is 4.90 Å². The monoisotopic (exact) mass is 449 g/mol. The largest absolute Gasteiger partial charge is 0.345 e. The van der Waals surface area contributed by atoms with Crippen molar-refractivity contribution in [2.24, 2.45) is 17.8 Å². The Morgan fingerprint density at radius 1 is 1.13 bits per heavy atom. The normalized spacial score (nSPS) is 20.0. The zero-order valence-corrected chi connectivity index (χ0v) is 22.6. The highest BCUT2D eigenvalue weighted by molar-refractivity contribution is 7.81. The minimum atomic E-state index is 0.240. The zero-order chi connectivity index (χ0) is 23.4. The van der Waals surface area contributed by atoms with E-state index in [2.05, 4.69) is 47.6 Å². The number of hydrogen-bond acceptors (Lipinski definition) is 2. The summed E-state index contributed by atoms with van der Waals surface area (Å²) in [6, 6.07) is 0. The molecule has 0 radical (unpaired) electrons. The standard InChI is InChI=1S/C28H51NOS/c1-8-12-15-27(26(11-4)23(9-2)10-3)21(5)14-13-16-28(30)29(7)20-25(31)18-17-24-19-22(24)6/h17,21-23,25,31H,8-16,18-20H2,1-7H3/b24-17+,27-26-. The third-order valence-electron chi connectivity index (χ3n) is 7.27. The van der Waals surface area contributed by atoms with Gasteiger partial charge in [0.2, 0.25) is 5.91 Å². The molecule has 0 aliphatic heterocycles. The molecule has 31 heavy (non-hydrogen) atoms. The van der Waals surface area contributed by atoms with E-state index in [4.69, 9.17) is 12.6 Å². The number of amides is 1. The van der Waals surface area contributed by atoms with Crippen LogP contribution >= 0.6 is 12.6 Å². The molecule has 3 heteroatoms. The minimum absolute atomic E-state index is 0.240. The van der Waals surface area contributed by atoms with E-state index in [-0.39, 0.29) is 11.2 Å². The lowest BCUT2D eigenvalue weighted by atomic mass is 9.80. The van der Waals surface area contributed by atoms with Crippen molar-refractivity contribution in [3.8, 4) is 0 Å². The molecule has 1 amide bonds. The second-order valence-corrected chi connectivity index (χ2v) is 10.6. The van der Waals surface area contributed by atoms with Crippen LogP contribution in [0.1, 0.15) is 112 Å². The molecule has 0 aromatic rings. The van der Waals surface area contributed by atoms with E-state index in [9.17, 15) is 4.79 Å². The number of allylic oxidation sites excluding steroid dienone is 4. The molecule has 0 N–H and O–H groups in total. The van der Waals surface area contributed by atoms with Crippen molar-refractivity contribution in [1.82, 2.24) is 4.90 Å². The van der Waals surface area contributed by atoms with Crippen molar-refractivity contribution < 1.29 is 4.79 Å². The van der Waals surface area contributed by atoms with Crippen molar-refractivity contribution >= 4 is 18.5 Å². The van der Waals surface area contributed by atoms with Gasteiger partial charge in [0.1, 0.15) is 0 Å². The average Bonchev–Trinajstić information content (AvgIpc) is 3.46. The lowest BCUT2D eigenvalue weighted by Crippen LogP contribution is -2.32. The summed E-state index contributed by atoms with van der Waals surface area (Å²) in [5, 5.41) is 0.240. The van der Waals surface area contributed by atoms with Crippen LogP contribution in [0, 0.1) is 17.8 Å². The van der Waals surface area contributed by atoms with Gasteiger partial charge in [0.05, 0.1) is 0 Å². The van der Waals surface area contributed by atoms with E-state index in [0.717, 1.165) is 37.6 Å². The van der Waals surface area contributed by atoms with E-state index < -0.39 is 0 Å². The van der Waals surface area contributed by atoms with E-state index >= 15 is 0 Å². The van der Waals surface area contributed by atoms with E-state index in [1.807, 2.05) is 11.9 Å². The predicted octanol–water partition coefficient (Wildman–Crippen LogP) is 8.24. The number of hydrogen-bond donors (Lipinski definition) is 1. The fraction of sp³-hybridized carbons (Fsp3) is 0.821. The van der Waals surface area contributed by atoms with Crippen molar-refractivity contribution in [2.45, 2.75) is 117 Å². The lowest BCUT2D eigenvalue weighted by Gasteiger charge is -2.26. The molecule has 1 rings (SSSR count). The van der Waals surface area contributed by atoms with Gasteiger partial charge in [0.15, 0.2) is 0 Å². The van der Waals surface area contributed by atoms with Gasteiger partial charge in [-0.25, -0.2) is 0 Å². The third-order valence-corrected chi connectivity index (χ3v) is 7.65. The summed E-state index contributed by atoms with van der Waals surface area (Å²) in [5.74, 6) is 2.36.